The molecular formula is C3H8N2O7. The van der Waals surface area contributed by atoms with Gasteiger partial charge in [-0.2, -0.15) is 19.2 Å². The monoisotopic (exact) mass is 184 g/mol. The van der Waals surface area contributed by atoms with E-state index in [9.17, 15) is 0 Å². The van der Waals surface area contributed by atoms with Gasteiger partial charge in [0.05, 0.1) is 0 Å². The largest absolute Gasteiger partial charge is 0.652 e. The maximum atomic E-state index is 8.33. The molecule has 0 heterocycles. The highest BCUT2D eigenvalue weighted by molar-refractivity contribution is 5.47. The average molecular weight is 184 g/mol. The first-order chi connectivity index (χ1) is 4.56. The Morgan fingerprint density at radius 2 is 0.833 bits per heavy atom. The molecule has 9 heteroatoms. The SMILES string of the molecule is O=C([O-])[O-].O=C=O.O=C=O.[NH4+].[NH4+]. The van der Waals surface area contributed by atoms with E-state index in [1.165, 1.54) is 0 Å². The van der Waals surface area contributed by atoms with Gasteiger partial charge in [0.1, 0.15) is 0 Å². The fourth-order valence-electron chi connectivity index (χ4n) is 0. The Morgan fingerprint density at radius 3 is 0.833 bits per heavy atom. The minimum atomic E-state index is -2.33. The summed E-state index contributed by atoms with van der Waals surface area (Å²) in [4.78, 5) is 40.8. The van der Waals surface area contributed by atoms with E-state index in [1.54, 1.807) is 0 Å². The number of carbonyl (C=O) groups is 1. The smallest absolute Gasteiger partial charge is 0.373 e. The van der Waals surface area contributed by atoms with Crippen molar-refractivity contribution in [1.29, 1.82) is 0 Å². The third-order valence-electron chi connectivity index (χ3n) is 0. The maximum Gasteiger partial charge on any atom is 0.373 e. The number of carboxylic acid groups (broad SMARTS) is 2. The van der Waals surface area contributed by atoms with Gasteiger partial charge in [0.2, 0.25) is 0 Å². The van der Waals surface area contributed by atoms with Crippen molar-refractivity contribution in [3.8, 4) is 0 Å². The number of carbonyl (C=O) groups excluding carboxylic acids is 5. The average Bonchev–Trinajstić information content (AvgIpc) is 1.65. The van der Waals surface area contributed by atoms with Crippen molar-refractivity contribution in [3.05, 3.63) is 0 Å². The van der Waals surface area contributed by atoms with E-state index in [1.807, 2.05) is 0 Å². The number of hydrogen-bond acceptors (Lipinski definition) is 7. The van der Waals surface area contributed by atoms with Crippen LogP contribution in [0.25, 0.3) is 0 Å². The van der Waals surface area contributed by atoms with Crippen LogP contribution in [0.4, 0.5) is 4.79 Å². The first-order valence-corrected chi connectivity index (χ1v) is 1.43. The fraction of sp³-hybridized carbons (Fsp3) is 0. The molecule has 0 atom stereocenters. The van der Waals surface area contributed by atoms with E-state index in [0.717, 1.165) is 0 Å². The molecule has 0 saturated heterocycles. The van der Waals surface area contributed by atoms with Gasteiger partial charge in [0.25, 0.3) is 0 Å². The first-order valence-electron chi connectivity index (χ1n) is 1.43. The highest BCUT2D eigenvalue weighted by Crippen LogP contribution is 1.21. The minimum absolute atomic E-state index is 0. The molecule has 0 aliphatic carbocycles. The molecule has 0 amide bonds. The van der Waals surface area contributed by atoms with E-state index in [4.69, 9.17) is 34.2 Å². The molecule has 0 spiro atoms. The predicted molar refractivity (Wildman–Crippen MR) is 27.4 cm³/mol. The molecule has 0 fully saturated rings. The van der Waals surface area contributed by atoms with Gasteiger partial charge in [-0.1, -0.05) is 0 Å². The Kier molecular flexibility index (Phi) is 176. The van der Waals surface area contributed by atoms with Crippen molar-refractivity contribution in [1.82, 2.24) is 12.3 Å². The Bertz CT molecular complexity index is 127. The summed E-state index contributed by atoms with van der Waals surface area (Å²) >= 11 is 0. The van der Waals surface area contributed by atoms with Crippen molar-refractivity contribution < 1.29 is 34.2 Å². The summed E-state index contributed by atoms with van der Waals surface area (Å²) in [5, 5.41) is 16.7. The zero-order chi connectivity index (χ0) is 8.99. The third kappa shape index (κ3) is 91.4. The molecule has 72 valence electrons. The zero-order valence-electron chi connectivity index (χ0n) is 6.36. The summed E-state index contributed by atoms with van der Waals surface area (Å²) in [5.74, 6) is 0. The second-order valence-corrected chi connectivity index (χ2v) is 0.417. The number of quaternary nitrogens is 2. The maximum absolute atomic E-state index is 8.33. The van der Waals surface area contributed by atoms with Gasteiger partial charge in [0, 0.05) is 0 Å². The van der Waals surface area contributed by atoms with Crippen molar-refractivity contribution >= 4 is 18.5 Å². The van der Waals surface area contributed by atoms with E-state index in [2.05, 4.69) is 0 Å². The van der Waals surface area contributed by atoms with E-state index < -0.39 is 6.16 Å². The minimum Gasteiger partial charge on any atom is -0.652 e. The van der Waals surface area contributed by atoms with Gasteiger partial charge < -0.3 is 27.3 Å². The van der Waals surface area contributed by atoms with Gasteiger partial charge in [-0.15, -0.1) is 0 Å². The van der Waals surface area contributed by atoms with Crippen LogP contribution in [0.15, 0.2) is 0 Å². The number of rotatable bonds is 0. The van der Waals surface area contributed by atoms with Crippen molar-refractivity contribution in [2.45, 2.75) is 0 Å². The molecule has 0 unspecified atom stereocenters. The molecule has 0 rings (SSSR count). The van der Waals surface area contributed by atoms with Crippen LogP contribution in [0.5, 0.6) is 0 Å². The van der Waals surface area contributed by atoms with Crippen LogP contribution >= 0.6 is 0 Å². The molecule has 8 N–H and O–H groups in total. The lowest BCUT2D eigenvalue weighted by molar-refractivity contribution is -0.415. The van der Waals surface area contributed by atoms with E-state index in [-0.39, 0.29) is 24.6 Å². The van der Waals surface area contributed by atoms with Crippen LogP contribution in [-0.4, -0.2) is 18.5 Å². The van der Waals surface area contributed by atoms with Crippen molar-refractivity contribution in [2.24, 2.45) is 0 Å². The van der Waals surface area contributed by atoms with Crippen molar-refractivity contribution in [2.75, 3.05) is 0 Å². The summed E-state index contributed by atoms with van der Waals surface area (Å²) in [6.45, 7) is 0. The molecular weight excluding hydrogens is 176 g/mol. The third-order valence-corrected chi connectivity index (χ3v) is 0. The fourth-order valence-corrected chi connectivity index (χ4v) is 0. The summed E-state index contributed by atoms with van der Waals surface area (Å²) in [7, 11) is 0. The van der Waals surface area contributed by atoms with Crippen molar-refractivity contribution in [3.63, 3.8) is 0 Å². The normalized spacial score (nSPS) is 3.33. The molecule has 0 aromatic rings. The highest BCUT2D eigenvalue weighted by atomic mass is 16.6. The predicted octanol–water partition coefficient (Wildman–Crippen LogP) is -2.86. The molecule has 0 aromatic heterocycles. The quantitative estimate of drug-likeness (QED) is 0.401. The molecule has 0 aliphatic heterocycles. The summed E-state index contributed by atoms with van der Waals surface area (Å²) in [5.41, 5.74) is 0. The highest BCUT2D eigenvalue weighted by Gasteiger charge is 1.26. The summed E-state index contributed by atoms with van der Waals surface area (Å²) in [6.07, 6.45) is -1.83. The molecule has 0 aliphatic rings. The molecule has 0 bridgehead atoms. The Balaban J connectivity index is -0.0000000191. The van der Waals surface area contributed by atoms with Gasteiger partial charge in [-0.25, -0.2) is 0 Å². The topological polar surface area (TPSA) is 204 Å². The van der Waals surface area contributed by atoms with Crippen LogP contribution in [-0.2, 0) is 19.2 Å². The summed E-state index contributed by atoms with van der Waals surface area (Å²) in [6, 6.07) is 0. The Hall–Kier alpha value is -2.05. The van der Waals surface area contributed by atoms with Gasteiger partial charge in [-0.3, -0.25) is 0 Å². The summed E-state index contributed by atoms with van der Waals surface area (Å²) < 4.78 is 0. The second-order valence-electron chi connectivity index (χ2n) is 0.417. The lowest BCUT2D eigenvalue weighted by Gasteiger charge is -1.96. The molecule has 9 nitrogen and oxygen atoms in total. The number of hydrogen-bond donors (Lipinski definition) is 2. The van der Waals surface area contributed by atoms with Crippen LogP contribution in [0, 0.1) is 0 Å². The molecule has 0 aromatic carbocycles. The molecule has 0 radical (unpaired) electrons. The van der Waals surface area contributed by atoms with Crippen LogP contribution in [0.3, 0.4) is 0 Å². The van der Waals surface area contributed by atoms with Gasteiger partial charge in [0.15, 0.2) is 0 Å². The van der Waals surface area contributed by atoms with E-state index in [0.29, 0.717) is 0 Å². The van der Waals surface area contributed by atoms with Crippen LogP contribution < -0.4 is 22.5 Å². The zero-order valence-corrected chi connectivity index (χ0v) is 6.36. The van der Waals surface area contributed by atoms with Gasteiger partial charge in [-0.05, 0) is 6.16 Å². The Labute approximate surface area is 66.1 Å². The second kappa shape index (κ2) is 65.0. The molecule has 0 saturated carbocycles. The van der Waals surface area contributed by atoms with Gasteiger partial charge >= 0.3 is 12.3 Å². The lowest BCUT2D eigenvalue weighted by Crippen LogP contribution is -2.37. The molecule has 12 heavy (non-hydrogen) atoms. The first kappa shape index (κ1) is 32.5. The van der Waals surface area contributed by atoms with Crippen LogP contribution in [0.2, 0.25) is 0 Å². The Morgan fingerprint density at radius 1 is 0.833 bits per heavy atom. The van der Waals surface area contributed by atoms with Crippen LogP contribution in [0.1, 0.15) is 0 Å². The van der Waals surface area contributed by atoms with E-state index >= 15 is 0 Å². The standard InChI is InChI=1S/CH2O3.2CO2.2H3N/c2-1(3)4;2*2-1-3;;/h(H2,2,3,4);;;2*1H3. The lowest BCUT2D eigenvalue weighted by atomic mass is 11.5.